The van der Waals surface area contributed by atoms with Gasteiger partial charge in [0.05, 0.1) is 16.1 Å². The van der Waals surface area contributed by atoms with Crippen LogP contribution >= 0.6 is 11.6 Å². The maximum absolute atomic E-state index is 13.4. The molecule has 1 spiro atoms. The van der Waals surface area contributed by atoms with Crippen LogP contribution in [-0.2, 0) is 0 Å². The molecular weight excluding hydrogens is 399 g/mol. The lowest BCUT2D eigenvalue weighted by Gasteiger charge is -2.61. The molecule has 29 heavy (non-hydrogen) atoms. The van der Waals surface area contributed by atoms with Gasteiger partial charge >= 0.3 is 6.09 Å². The molecule has 5 rings (SSSR count). The van der Waals surface area contributed by atoms with Gasteiger partial charge in [0.15, 0.2) is 5.82 Å². The number of carboxylic acid groups (broad SMARTS) is 1. The predicted octanol–water partition coefficient (Wildman–Crippen LogP) is 3.50. The van der Waals surface area contributed by atoms with E-state index in [0.29, 0.717) is 42.2 Å². The number of hydrogen-bond acceptors (Lipinski definition) is 6. The van der Waals surface area contributed by atoms with Crippen LogP contribution in [0.15, 0.2) is 36.7 Å². The number of nitrogens with zero attached hydrogens (tertiary/aromatic N) is 5. The molecule has 2 aliphatic heterocycles. The van der Waals surface area contributed by atoms with Crippen LogP contribution in [0.3, 0.4) is 0 Å². The first-order chi connectivity index (χ1) is 13.9. The third-order valence-electron chi connectivity index (χ3n) is 5.55. The van der Waals surface area contributed by atoms with E-state index in [0.717, 1.165) is 12.2 Å². The van der Waals surface area contributed by atoms with Gasteiger partial charge < -0.3 is 15.3 Å². The van der Waals surface area contributed by atoms with Crippen LogP contribution in [-0.4, -0.2) is 56.2 Å². The quantitative estimate of drug-likeness (QED) is 0.677. The van der Waals surface area contributed by atoms with Crippen molar-refractivity contribution < 1.29 is 14.3 Å². The first-order valence-corrected chi connectivity index (χ1v) is 9.42. The number of hydrogen-bond donors (Lipinski definition) is 2. The Hall–Kier alpha value is -3.20. The summed E-state index contributed by atoms with van der Waals surface area (Å²) in [4.78, 5) is 28.0. The zero-order valence-corrected chi connectivity index (χ0v) is 15.9. The summed E-state index contributed by atoms with van der Waals surface area (Å²) in [7, 11) is 0. The van der Waals surface area contributed by atoms with E-state index in [1.807, 2.05) is 17.0 Å². The highest BCUT2D eigenvalue weighted by atomic mass is 35.5. The van der Waals surface area contributed by atoms with Crippen LogP contribution in [0.5, 0.6) is 0 Å². The third kappa shape index (κ3) is 2.89. The highest BCUT2D eigenvalue weighted by molar-refractivity contribution is 6.31. The Labute approximate surface area is 170 Å². The largest absolute Gasteiger partial charge is 0.465 e. The molecule has 8 nitrogen and oxygen atoms in total. The monoisotopic (exact) mass is 414 g/mol. The molecule has 3 aromatic rings. The van der Waals surface area contributed by atoms with E-state index in [9.17, 15) is 14.3 Å². The van der Waals surface area contributed by atoms with Crippen LogP contribution < -0.4 is 10.2 Å². The molecular formula is C19H16ClFN6O2. The van der Waals surface area contributed by atoms with Crippen molar-refractivity contribution in [3.63, 3.8) is 0 Å². The van der Waals surface area contributed by atoms with Gasteiger partial charge in [0.1, 0.15) is 23.5 Å². The fourth-order valence-corrected chi connectivity index (χ4v) is 4.08. The van der Waals surface area contributed by atoms with Crippen molar-refractivity contribution in [3.8, 4) is 0 Å². The highest BCUT2D eigenvalue weighted by Gasteiger charge is 2.56. The molecule has 0 bridgehead atoms. The second-order valence-corrected chi connectivity index (χ2v) is 7.69. The second kappa shape index (κ2) is 6.41. The number of likely N-dealkylation sites (tertiary alicyclic amines) is 1. The van der Waals surface area contributed by atoms with E-state index >= 15 is 0 Å². The van der Waals surface area contributed by atoms with Crippen molar-refractivity contribution in [1.82, 2.24) is 19.9 Å². The minimum atomic E-state index is -0.875. The van der Waals surface area contributed by atoms with E-state index < -0.39 is 11.9 Å². The number of carbonyl (C=O) groups is 1. The zero-order chi connectivity index (χ0) is 20.2. The van der Waals surface area contributed by atoms with Gasteiger partial charge in [0.2, 0.25) is 0 Å². The van der Waals surface area contributed by atoms with Gasteiger partial charge in [-0.05, 0) is 36.8 Å². The van der Waals surface area contributed by atoms with Crippen molar-refractivity contribution in [2.45, 2.75) is 12.0 Å². The molecule has 0 saturated carbocycles. The molecule has 2 aromatic heterocycles. The first-order valence-electron chi connectivity index (χ1n) is 9.05. The highest BCUT2D eigenvalue weighted by Crippen LogP contribution is 2.41. The molecule has 1 amide bonds. The summed E-state index contributed by atoms with van der Waals surface area (Å²) in [5, 5.41) is 12.4. The molecule has 4 heterocycles. The molecule has 0 unspecified atom stereocenters. The summed E-state index contributed by atoms with van der Waals surface area (Å²) >= 11 is 5.86. The van der Waals surface area contributed by atoms with Gasteiger partial charge in [-0.3, -0.25) is 4.90 Å². The smallest absolute Gasteiger partial charge is 0.407 e. The summed E-state index contributed by atoms with van der Waals surface area (Å²) in [6.45, 7) is 1.81. The lowest BCUT2D eigenvalue weighted by molar-refractivity contribution is -0.0192. The Morgan fingerprint density at radius 3 is 2.76 bits per heavy atom. The van der Waals surface area contributed by atoms with Crippen molar-refractivity contribution >= 4 is 46.1 Å². The molecule has 148 valence electrons. The van der Waals surface area contributed by atoms with Crippen molar-refractivity contribution in [3.05, 3.63) is 47.5 Å². The Kier molecular flexibility index (Phi) is 3.95. The standard InChI is InChI=1S/C19H16ClFN6O2/c20-12-7-11(1-2-13(12)21)24-17-16-14(22-10-23-17)3-4-15(25-16)26-8-19(9-26)5-6-27(19)18(28)29/h1-4,7,10H,5-6,8-9H2,(H,28,29)(H,22,23,24). The SMILES string of the molecule is O=C(O)N1CCC12CN(c1ccc3ncnc(Nc4ccc(F)c(Cl)c4)c3n1)C2. The predicted molar refractivity (Wildman–Crippen MR) is 106 cm³/mol. The van der Waals surface area contributed by atoms with Crippen LogP contribution in [0.25, 0.3) is 11.0 Å². The van der Waals surface area contributed by atoms with Gasteiger partial charge in [-0.1, -0.05) is 11.6 Å². The lowest BCUT2D eigenvalue weighted by atomic mass is 9.78. The van der Waals surface area contributed by atoms with E-state index in [2.05, 4.69) is 15.3 Å². The molecule has 2 aliphatic rings. The number of rotatable bonds is 3. The second-order valence-electron chi connectivity index (χ2n) is 7.28. The van der Waals surface area contributed by atoms with Crippen LogP contribution in [0.2, 0.25) is 5.02 Å². The molecule has 0 atom stereocenters. The minimum Gasteiger partial charge on any atom is -0.465 e. The van der Waals surface area contributed by atoms with Crippen molar-refractivity contribution in [1.29, 1.82) is 0 Å². The van der Waals surface area contributed by atoms with Crippen molar-refractivity contribution in [2.75, 3.05) is 29.9 Å². The molecule has 10 heteroatoms. The zero-order valence-electron chi connectivity index (χ0n) is 15.1. The third-order valence-corrected chi connectivity index (χ3v) is 5.84. The number of pyridine rings is 1. The summed E-state index contributed by atoms with van der Waals surface area (Å²) in [5.74, 6) is 0.712. The number of benzene rings is 1. The summed E-state index contributed by atoms with van der Waals surface area (Å²) < 4.78 is 13.4. The molecule has 2 N–H and O–H groups in total. The summed E-state index contributed by atoms with van der Waals surface area (Å²) in [6.07, 6.45) is 1.42. The maximum atomic E-state index is 13.4. The van der Waals surface area contributed by atoms with Crippen LogP contribution in [0.4, 0.5) is 26.5 Å². The molecule has 0 radical (unpaired) electrons. The number of halogens is 2. The van der Waals surface area contributed by atoms with Crippen LogP contribution in [0.1, 0.15) is 6.42 Å². The van der Waals surface area contributed by atoms with Crippen LogP contribution in [0, 0.1) is 5.82 Å². The van der Waals surface area contributed by atoms with E-state index in [-0.39, 0.29) is 10.6 Å². The average Bonchev–Trinajstić information content (AvgIpc) is 2.63. The number of amides is 1. The maximum Gasteiger partial charge on any atom is 0.407 e. The van der Waals surface area contributed by atoms with Gasteiger partial charge in [0.25, 0.3) is 0 Å². The Morgan fingerprint density at radius 1 is 1.24 bits per heavy atom. The van der Waals surface area contributed by atoms with Gasteiger partial charge in [-0.15, -0.1) is 0 Å². The minimum absolute atomic E-state index is 0.0105. The summed E-state index contributed by atoms with van der Waals surface area (Å²) in [6, 6.07) is 8.03. The average molecular weight is 415 g/mol. The Balaban J connectivity index is 1.42. The van der Waals surface area contributed by atoms with Gasteiger partial charge in [0, 0.05) is 25.3 Å². The first kappa shape index (κ1) is 17.9. The number of fused-ring (bicyclic) bond motifs is 1. The van der Waals surface area contributed by atoms with E-state index in [1.165, 1.54) is 23.4 Å². The van der Waals surface area contributed by atoms with Gasteiger partial charge in [-0.2, -0.15) is 0 Å². The fraction of sp³-hybridized carbons (Fsp3) is 0.263. The Bertz CT molecular complexity index is 1140. The molecule has 2 fully saturated rings. The number of nitrogens with one attached hydrogen (secondary N) is 1. The fourth-order valence-electron chi connectivity index (χ4n) is 3.90. The van der Waals surface area contributed by atoms with E-state index in [4.69, 9.17) is 16.6 Å². The number of anilines is 3. The Morgan fingerprint density at radius 2 is 2.07 bits per heavy atom. The number of aromatic nitrogens is 3. The van der Waals surface area contributed by atoms with E-state index in [1.54, 1.807) is 6.07 Å². The van der Waals surface area contributed by atoms with Crippen molar-refractivity contribution in [2.24, 2.45) is 0 Å². The normalized spacial score (nSPS) is 17.2. The lowest BCUT2D eigenvalue weighted by Crippen LogP contribution is -2.78. The summed E-state index contributed by atoms with van der Waals surface area (Å²) in [5.41, 5.74) is 1.51. The molecule has 2 saturated heterocycles. The molecule has 0 aliphatic carbocycles. The van der Waals surface area contributed by atoms with Gasteiger partial charge in [-0.25, -0.2) is 24.1 Å². The molecule has 1 aromatic carbocycles. The topological polar surface area (TPSA) is 94.5 Å².